The minimum absolute atomic E-state index is 0.118. The summed E-state index contributed by atoms with van der Waals surface area (Å²) in [6, 6.07) is 5.78. The molecule has 1 fully saturated rings. The highest BCUT2D eigenvalue weighted by Crippen LogP contribution is 2.37. The molecule has 2 aliphatic rings. The van der Waals surface area contributed by atoms with Crippen molar-refractivity contribution in [2.24, 2.45) is 5.92 Å². The molecule has 1 aromatic rings. The van der Waals surface area contributed by atoms with Crippen molar-refractivity contribution in [3.63, 3.8) is 0 Å². The van der Waals surface area contributed by atoms with Gasteiger partial charge in [-0.15, -0.1) is 0 Å². The van der Waals surface area contributed by atoms with E-state index in [0.29, 0.717) is 13.2 Å². The highest BCUT2D eigenvalue weighted by Gasteiger charge is 2.36. The van der Waals surface area contributed by atoms with Gasteiger partial charge in [0.25, 0.3) is 0 Å². The maximum Gasteiger partial charge on any atom is 0.233 e. The maximum absolute atomic E-state index is 12.5. The largest absolute Gasteiger partial charge is 0.492 e. The van der Waals surface area contributed by atoms with Crippen molar-refractivity contribution in [2.75, 3.05) is 26.3 Å². The number of aliphatic hydroxyl groups excluding tert-OH is 1. The van der Waals surface area contributed by atoms with Crippen molar-refractivity contribution < 1.29 is 14.6 Å². The van der Waals surface area contributed by atoms with Gasteiger partial charge in [0, 0.05) is 35.7 Å². The quantitative estimate of drug-likeness (QED) is 0.901. The van der Waals surface area contributed by atoms with Crippen LogP contribution in [0.1, 0.15) is 17.9 Å². The summed E-state index contributed by atoms with van der Waals surface area (Å²) in [5.74, 6) is 0.949. The SMILES string of the molecule is O=C(C1COc2ccc(Br)cc21)N1CCC(CO)C1. The lowest BCUT2D eigenvalue weighted by Crippen LogP contribution is -2.34. The Bertz CT molecular complexity index is 505. The lowest BCUT2D eigenvalue weighted by molar-refractivity contribution is -0.132. The van der Waals surface area contributed by atoms with E-state index in [1.165, 1.54) is 0 Å². The summed E-state index contributed by atoms with van der Waals surface area (Å²) in [6.07, 6.45) is 0.890. The Morgan fingerprint density at radius 1 is 1.53 bits per heavy atom. The van der Waals surface area contributed by atoms with Crippen molar-refractivity contribution in [2.45, 2.75) is 12.3 Å². The number of rotatable bonds is 2. The molecule has 1 N–H and O–H groups in total. The molecule has 3 rings (SSSR count). The maximum atomic E-state index is 12.5. The zero-order chi connectivity index (χ0) is 13.4. The monoisotopic (exact) mass is 325 g/mol. The zero-order valence-corrected chi connectivity index (χ0v) is 12.1. The average Bonchev–Trinajstić information content (AvgIpc) is 3.04. The highest BCUT2D eigenvalue weighted by molar-refractivity contribution is 9.10. The van der Waals surface area contributed by atoms with Crippen LogP contribution in [0.15, 0.2) is 22.7 Å². The predicted molar refractivity (Wildman–Crippen MR) is 74.2 cm³/mol. The van der Waals surface area contributed by atoms with Gasteiger partial charge in [-0.3, -0.25) is 4.79 Å². The van der Waals surface area contributed by atoms with E-state index in [4.69, 9.17) is 9.84 Å². The van der Waals surface area contributed by atoms with Gasteiger partial charge in [0.05, 0.1) is 0 Å². The molecule has 2 aliphatic heterocycles. The van der Waals surface area contributed by atoms with Gasteiger partial charge in [0.2, 0.25) is 5.91 Å². The number of aliphatic hydroxyl groups is 1. The number of carbonyl (C=O) groups is 1. The summed E-state index contributed by atoms with van der Waals surface area (Å²) >= 11 is 3.43. The molecule has 0 aromatic heterocycles. The van der Waals surface area contributed by atoms with Crippen LogP contribution < -0.4 is 4.74 Å². The van der Waals surface area contributed by atoms with Crippen LogP contribution in [0, 0.1) is 5.92 Å². The molecule has 2 unspecified atom stereocenters. The molecule has 2 heterocycles. The summed E-state index contributed by atoms with van der Waals surface area (Å²) in [5.41, 5.74) is 0.965. The minimum Gasteiger partial charge on any atom is -0.492 e. The molecule has 0 spiro atoms. The first-order valence-corrected chi connectivity index (χ1v) is 7.30. The number of hydrogen-bond donors (Lipinski definition) is 1. The molecule has 1 amide bonds. The van der Waals surface area contributed by atoms with E-state index in [-0.39, 0.29) is 24.3 Å². The van der Waals surface area contributed by atoms with Gasteiger partial charge in [-0.25, -0.2) is 0 Å². The van der Waals surface area contributed by atoms with Gasteiger partial charge in [-0.2, -0.15) is 0 Å². The summed E-state index contributed by atoms with van der Waals surface area (Å²) < 4.78 is 6.54. The molecule has 4 nitrogen and oxygen atoms in total. The molecule has 19 heavy (non-hydrogen) atoms. The Labute approximate surface area is 120 Å². The summed E-state index contributed by atoms with van der Waals surface area (Å²) in [4.78, 5) is 14.4. The van der Waals surface area contributed by atoms with E-state index < -0.39 is 0 Å². The third-order valence-corrected chi connectivity index (χ3v) is 4.40. The van der Waals surface area contributed by atoms with E-state index in [2.05, 4.69) is 15.9 Å². The molecule has 1 aromatic carbocycles. The number of halogens is 1. The lowest BCUT2D eigenvalue weighted by atomic mass is 10.00. The van der Waals surface area contributed by atoms with Crippen LogP contribution in [-0.2, 0) is 4.79 Å². The molecule has 0 radical (unpaired) electrons. The van der Waals surface area contributed by atoms with Crippen molar-refractivity contribution in [3.8, 4) is 5.75 Å². The van der Waals surface area contributed by atoms with E-state index in [0.717, 1.165) is 28.8 Å². The Morgan fingerprint density at radius 2 is 2.37 bits per heavy atom. The fourth-order valence-corrected chi connectivity index (χ4v) is 3.17. The average molecular weight is 326 g/mol. The zero-order valence-electron chi connectivity index (χ0n) is 10.5. The summed E-state index contributed by atoms with van der Waals surface area (Å²) in [6.45, 7) is 1.98. The third kappa shape index (κ3) is 2.37. The van der Waals surface area contributed by atoms with Gasteiger partial charge < -0.3 is 14.7 Å². The van der Waals surface area contributed by atoms with Gasteiger partial charge in [-0.1, -0.05) is 15.9 Å². The molecule has 2 atom stereocenters. The molecule has 0 saturated carbocycles. The second-order valence-corrected chi connectivity index (χ2v) is 6.08. The summed E-state index contributed by atoms with van der Waals surface area (Å²) in [7, 11) is 0. The lowest BCUT2D eigenvalue weighted by Gasteiger charge is -2.20. The number of likely N-dealkylation sites (tertiary alicyclic amines) is 1. The van der Waals surface area contributed by atoms with Crippen LogP contribution in [0.3, 0.4) is 0 Å². The first-order chi connectivity index (χ1) is 9.19. The van der Waals surface area contributed by atoms with Gasteiger partial charge in [0.15, 0.2) is 0 Å². The van der Waals surface area contributed by atoms with Crippen molar-refractivity contribution in [1.82, 2.24) is 4.90 Å². The Kier molecular flexibility index (Phi) is 3.50. The van der Waals surface area contributed by atoms with Gasteiger partial charge in [0.1, 0.15) is 18.3 Å². The smallest absolute Gasteiger partial charge is 0.233 e. The van der Waals surface area contributed by atoms with Crippen LogP contribution in [0.2, 0.25) is 0 Å². The van der Waals surface area contributed by atoms with Gasteiger partial charge in [-0.05, 0) is 24.6 Å². The fraction of sp³-hybridized carbons (Fsp3) is 0.500. The first kappa shape index (κ1) is 12.9. The van der Waals surface area contributed by atoms with Crippen molar-refractivity contribution in [1.29, 1.82) is 0 Å². The Balaban J connectivity index is 1.78. The highest BCUT2D eigenvalue weighted by atomic mass is 79.9. The second-order valence-electron chi connectivity index (χ2n) is 5.17. The Hall–Kier alpha value is -1.07. The number of fused-ring (bicyclic) bond motifs is 1. The summed E-state index contributed by atoms with van der Waals surface area (Å²) in [5, 5.41) is 9.16. The second kappa shape index (κ2) is 5.13. The topological polar surface area (TPSA) is 49.8 Å². The van der Waals surface area contributed by atoms with E-state index in [9.17, 15) is 4.79 Å². The fourth-order valence-electron chi connectivity index (χ4n) is 2.79. The van der Waals surface area contributed by atoms with Crippen molar-refractivity contribution in [3.05, 3.63) is 28.2 Å². The van der Waals surface area contributed by atoms with E-state index >= 15 is 0 Å². The van der Waals surface area contributed by atoms with Crippen LogP contribution in [0.4, 0.5) is 0 Å². The first-order valence-electron chi connectivity index (χ1n) is 6.51. The molecule has 0 aliphatic carbocycles. The van der Waals surface area contributed by atoms with Crippen molar-refractivity contribution >= 4 is 21.8 Å². The third-order valence-electron chi connectivity index (χ3n) is 3.91. The molecule has 102 valence electrons. The van der Waals surface area contributed by atoms with Crippen LogP contribution >= 0.6 is 15.9 Å². The molecule has 0 bridgehead atoms. The van der Waals surface area contributed by atoms with Crippen LogP contribution in [0.5, 0.6) is 5.75 Å². The standard InChI is InChI=1S/C14H16BrNO3/c15-10-1-2-13-11(5-10)12(8-19-13)14(18)16-4-3-9(6-16)7-17/h1-2,5,9,12,17H,3-4,6-8H2. The Morgan fingerprint density at radius 3 is 3.11 bits per heavy atom. The number of nitrogens with zero attached hydrogens (tertiary/aromatic N) is 1. The number of amides is 1. The van der Waals surface area contributed by atoms with E-state index in [1.54, 1.807) is 0 Å². The predicted octanol–water partition coefficient (Wildman–Crippen LogP) is 1.77. The van der Waals surface area contributed by atoms with Gasteiger partial charge >= 0.3 is 0 Å². The van der Waals surface area contributed by atoms with Crippen LogP contribution in [0.25, 0.3) is 0 Å². The number of hydrogen-bond acceptors (Lipinski definition) is 3. The molecular weight excluding hydrogens is 310 g/mol. The molecule has 5 heteroatoms. The number of carbonyl (C=O) groups excluding carboxylic acids is 1. The normalized spacial score (nSPS) is 25.3. The molecule has 1 saturated heterocycles. The number of ether oxygens (including phenoxy) is 1. The van der Waals surface area contributed by atoms with Crippen LogP contribution in [-0.4, -0.2) is 42.2 Å². The van der Waals surface area contributed by atoms with E-state index in [1.807, 2.05) is 23.1 Å². The number of benzene rings is 1. The minimum atomic E-state index is -0.204. The molecular formula is C14H16BrNO3.